The minimum absolute atomic E-state index is 0. The van der Waals surface area contributed by atoms with Crippen molar-refractivity contribution in [1.29, 1.82) is 0 Å². The van der Waals surface area contributed by atoms with E-state index in [4.69, 9.17) is 10.9 Å². The lowest BCUT2D eigenvalue weighted by molar-refractivity contribution is -0.138. The van der Waals surface area contributed by atoms with Crippen molar-refractivity contribution in [2.75, 3.05) is 50.7 Å². The average Bonchev–Trinajstić information content (AvgIpc) is 2.63. The van der Waals surface area contributed by atoms with Crippen LogP contribution >= 0.6 is 12.4 Å². The van der Waals surface area contributed by atoms with Crippen molar-refractivity contribution >= 4 is 30.3 Å². The molecule has 144 valence electrons. The van der Waals surface area contributed by atoms with Crippen molar-refractivity contribution in [3.8, 4) is 0 Å². The van der Waals surface area contributed by atoms with E-state index < -0.39 is 5.97 Å². The maximum atomic E-state index is 10.8. The van der Waals surface area contributed by atoms with Crippen LogP contribution in [-0.4, -0.2) is 78.9 Å². The summed E-state index contributed by atoms with van der Waals surface area (Å²) in [6.45, 7) is 6.14. The van der Waals surface area contributed by atoms with Gasteiger partial charge in [0.25, 0.3) is 0 Å². The van der Waals surface area contributed by atoms with E-state index in [1.807, 2.05) is 17.0 Å². The van der Waals surface area contributed by atoms with Crippen molar-refractivity contribution in [2.45, 2.75) is 18.9 Å². The molecule has 0 amide bonds. The molecule has 2 fully saturated rings. The number of piperidine rings is 1. The van der Waals surface area contributed by atoms with E-state index in [2.05, 4.69) is 27.0 Å². The van der Waals surface area contributed by atoms with Crippen LogP contribution in [0.4, 0.5) is 5.69 Å². The molecule has 3 rings (SSSR count). The van der Waals surface area contributed by atoms with Gasteiger partial charge in [-0.1, -0.05) is 12.1 Å². The number of anilines is 1. The normalized spacial score (nSPS) is 20.2. The molecule has 1 aromatic carbocycles. The van der Waals surface area contributed by atoms with Crippen LogP contribution in [0.25, 0.3) is 0 Å². The quantitative estimate of drug-likeness (QED) is 0.451. The molecular formula is C18H28ClN5O2. The van der Waals surface area contributed by atoms with Crippen LogP contribution in [0.1, 0.15) is 18.4 Å². The Bertz CT molecular complexity index is 594. The number of carbonyl (C=O) groups is 1. The van der Waals surface area contributed by atoms with Crippen LogP contribution in [0.2, 0.25) is 0 Å². The fourth-order valence-electron chi connectivity index (χ4n) is 3.84. The van der Waals surface area contributed by atoms with Crippen LogP contribution in [-0.2, 0) is 4.79 Å². The fourth-order valence-corrected chi connectivity index (χ4v) is 3.84. The van der Waals surface area contributed by atoms with E-state index in [1.54, 1.807) is 6.21 Å². The Hall–Kier alpha value is -1.83. The van der Waals surface area contributed by atoms with Gasteiger partial charge in [-0.05, 0) is 30.5 Å². The molecular weight excluding hydrogens is 354 g/mol. The second kappa shape index (κ2) is 9.75. The maximum Gasteiger partial charge on any atom is 0.317 e. The van der Waals surface area contributed by atoms with Crippen LogP contribution in [0.5, 0.6) is 0 Å². The van der Waals surface area contributed by atoms with E-state index in [0.717, 1.165) is 57.7 Å². The monoisotopic (exact) mass is 381 g/mol. The zero-order chi connectivity index (χ0) is 17.6. The van der Waals surface area contributed by atoms with E-state index >= 15 is 0 Å². The predicted molar refractivity (Wildman–Crippen MR) is 106 cm³/mol. The molecule has 7 nitrogen and oxygen atoms in total. The van der Waals surface area contributed by atoms with Gasteiger partial charge >= 0.3 is 5.97 Å². The van der Waals surface area contributed by atoms with E-state index in [-0.39, 0.29) is 19.0 Å². The summed E-state index contributed by atoms with van der Waals surface area (Å²) in [5.41, 5.74) is 2.25. The topological polar surface area (TPSA) is 85.4 Å². The molecule has 8 heteroatoms. The maximum absolute atomic E-state index is 10.8. The third-order valence-corrected chi connectivity index (χ3v) is 5.23. The summed E-state index contributed by atoms with van der Waals surface area (Å²) in [4.78, 5) is 17.8. The van der Waals surface area contributed by atoms with Gasteiger partial charge in [0.2, 0.25) is 0 Å². The molecule has 0 radical (unpaired) electrons. The number of hydrogen-bond donors (Lipinski definition) is 2. The van der Waals surface area contributed by atoms with E-state index in [1.165, 1.54) is 5.69 Å². The lowest BCUT2D eigenvalue weighted by Gasteiger charge is -2.43. The molecule has 0 aliphatic carbocycles. The molecule has 0 unspecified atom stereocenters. The minimum Gasteiger partial charge on any atom is -0.480 e. The largest absolute Gasteiger partial charge is 0.480 e. The van der Waals surface area contributed by atoms with Crippen LogP contribution in [0.3, 0.4) is 0 Å². The number of carboxylic acid groups (broad SMARTS) is 1. The SMILES string of the molecule is Cl.N/N=C/c1ccc(N2CCN(C3CCN(CC(=O)O)CC3)CC2)cc1. The van der Waals surface area contributed by atoms with Crippen LogP contribution in [0, 0.1) is 0 Å². The molecule has 0 bridgehead atoms. The smallest absolute Gasteiger partial charge is 0.317 e. The second-order valence-corrected chi connectivity index (χ2v) is 6.79. The minimum atomic E-state index is -0.726. The number of halogens is 1. The summed E-state index contributed by atoms with van der Waals surface area (Å²) in [7, 11) is 0. The first-order valence-corrected chi connectivity index (χ1v) is 8.92. The molecule has 2 aliphatic heterocycles. The molecule has 0 saturated carbocycles. The van der Waals surface area contributed by atoms with Crippen LogP contribution < -0.4 is 10.7 Å². The van der Waals surface area contributed by atoms with Crippen molar-refractivity contribution in [3.05, 3.63) is 29.8 Å². The number of likely N-dealkylation sites (tertiary alicyclic amines) is 1. The van der Waals surface area contributed by atoms with Gasteiger partial charge < -0.3 is 15.8 Å². The highest BCUT2D eigenvalue weighted by atomic mass is 35.5. The Labute approximate surface area is 160 Å². The highest BCUT2D eigenvalue weighted by Gasteiger charge is 2.28. The van der Waals surface area contributed by atoms with Crippen LogP contribution in [0.15, 0.2) is 29.4 Å². The molecule has 0 aromatic heterocycles. The number of nitrogens with zero attached hydrogens (tertiary/aromatic N) is 4. The van der Waals surface area contributed by atoms with E-state index in [0.29, 0.717) is 6.04 Å². The lowest BCUT2D eigenvalue weighted by atomic mass is 10.0. The molecule has 1 aromatic rings. The highest BCUT2D eigenvalue weighted by molar-refractivity contribution is 5.85. The Morgan fingerprint density at radius 1 is 1.12 bits per heavy atom. The zero-order valence-corrected chi connectivity index (χ0v) is 15.8. The molecule has 3 N–H and O–H groups in total. The Morgan fingerprint density at radius 2 is 1.73 bits per heavy atom. The Kier molecular flexibility index (Phi) is 7.68. The van der Waals surface area contributed by atoms with E-state index in [9.17, 15) is 4.79 Å². The molecule has 2 heterocycles. The first kappa shape index (κ1) is 20.5. The molecule has 0 spiro atoms. The highest BCUT2D eigenvalue weighted by Crippen LogP contribution is 2.21. The summed E-state index contributed by atoms with van der Waals surface area (Å²) >= 11 is 0. The molecule has 0 atom stereocenters. The molecule has 2 aliphatic rings. The van der Waals surface area contributed by atoms with Gasteiger partial charge in [0, 0.05) is 51.0 Å². The second-order valence-electron chi connectivity index (χ2n) is 6.79. The van der Waals surface area contributed by atoms with Crippen molar-refractivity contribution in [3.63, 3.8) is 0 Å². The summed E-state index contributed by atoms with van der Waals surface area (Å²) in [6.07, 6.45) is 3.79. The zero-order valence-electron chi connectivity index (χ0n) is 15.0. The Balaban J connectivity index is 0.00000243. The number of hydrazone groups is 1. The van der Waals surface area contributed by atoms with Crippen molar-refractivity contribution in [2.24, 2.45) is 10.9 Å². The average molecular weight is 382 g/mol. The van der Waals surface area contributed by atoms with Gasteiger partial charge in [-0.3, -0.25) is 14.6 Å². The van der Waals surface area contributed by atoms with Gasteiger partial charge in [0.15, 0.2) is 0 Å². The first-order chi connectivity index (χ1) is 12.2. The molecule has 2 saturated heterocycles. The van der Waals surface area contributed by atoms with Gasteiger partial charge in [-0.25, -0.2) is 0 Å². The lowest BCUT2D eigenvalue weighted by Crippen LogP contribution is -2.53. The number of rotatable bonds is 5. The summed E-state index contributed by atoms with van der Waals surface area (Å²) < 4.78 is 0. The third-order valence-electron chi connectivity index (χ3n) is 5.23. The van der Waals surface area contributed by atoms with Crippen molar-refractivity contribution < 1.29 is 9.90 Å². The predicted octanol–water partition coefficient (Wildman–Crippen LogP) is 1.07. The van der Waals surface area contributed by atoms with Gasteiger partial charge in [-0.15, -0.1) is 12.4 Å². The number of benzene rings is 1. The number of aliphatic carboxylic acids is 1. The van der Waals surface area contributed by atoms with Crippen molar-refractivity contribution in [1.82, 2.24) is 9.80 Å². The molecule has 26 heavy (non-hydrogen) atoms. The number of carboxylic acids is 1. The number of hydrogen-bond acceptors (Lipinski definition) is 6. The third kappa shape index (κ3) is 5.33. The summed E-state index contributed by atoms with van der Waals surface area (Å²) in [5, 5.41) is 12.4. The number of piperazine rings is 1. The first-order valence-electron chi connectivity index (χ1n) is 8.92. The summed E-state index contributed by atoms with van der Waals surface area (Å²) in [6, 6.07) is 8.91. The fraction of sp³-hybridized carbons (Fsp3) is 0.556. The summed E-state index contributed by atoms with van der Waals surface area (Å²) in [5.74, 6) is 4.46. The Morgan fingerprint density at radius 3 is 2.27 bits per heavy atom. The van der Waals surface area contributed by atoms with Gasteiger partial charge in [-0.2, -0.15) is 5.10 Å². The van der Waals surface area contributed by atoms with Gasteiger partial charge in [0.05, 0.1) is 12.8 Å². The number of nitrogens with two attached hydrogens (primary N) is 1. The standard InChI is InChI=1S/C18H27N5O2.ClH/c19-20-13-15-1-3-16(4-2-15)22-9-11-23(12-10-22)17-5-7-21(8-6-17)14-18(24)25;/h1-4,13,17H,5-12,14,19H2,(H,24,25);1H/b20-13+;. The van der Waals surface area contributed by atoms with Gasteiger partial charge in [0.1, 0.15) is 0 Å².